The standard InChI is InChI=1S/C19H23F2N3O2/c1-3-23(4-2)17-12-22-24(15-10-13(20)9-14(21)11-15)19(25)18(17)26-16-7-5-6-8-16/h9-12,16H,3-8H2,1-2H3. The maximum absolute atomic E-state index is 13.6. The minimum atomic E-state index is -0.764. The van der Waals surface area contributed by atoms with E-state index in [4.69, 9.17) is 4.74 Å². The number of aromatic nitrogens is 2. The zero-order chi connectivity index (χ0) is 18.7. The van der Waals surface area contributed by atoms with Crippen LogP contribution in [-0.2, 0) is 0 Å². The van der Waals surface area contributed by atoms with E-state index in [1.165, 1.54) is 6.20 Å². The zero-order valence-corrected chi connectivity index (χ0v) is 15.0. The Balaban J connectivity index is 2.11. The van der Waals surface area contributed by atoms with Gasteiger partial charge < -0.3 is 9.64 Å². The van der Waals surface area contributed by atoms with E-state index in [2.05, 4.69) is 5.10 Å². The molecular weight excluding hydrogens is 340 g/mol. The molecule has 1 aromatic carbocycles. The Morgan fingerprint density at radius 2 is 1.77 bits per heavy atom. The van der Waals surface area contributed by atoms with Crippen molar-refractivity contribution in [2.75, 3.05) is 18.0 Å². The summed E-state index contributed by atoms with van der Waals surface area (Å²) in [7, 11) is 0. The van der Waals surface area contributed by atoms with E-state index in [9.17, 15) is 13.6 Å². The van der Waals surface area contributed by atoms with Crippen LogP contribution in [0.5, 0.6) is 5.75 Å². The van der Waals surface area contributed by atoms with Crippen LogP contribution < -0.4 is 15.2 Å². The second kappa shape index (κ2) is 7.85. The van der Waals surface area contributed by atoms with Crippen LogP contribution in [0.25, 0.3) is 5.69 Å². The number of rotatable bonds is 6. The lowest BCUT2D eigenvalue weighted by atomic mass is 10.2. The topological polar surface area (TPSA) is 47.4 Å². The van der Waals surface area contributed by atoms with Crippen molar-refractivity contribution in [3.05, 3.63) is 46.4 Å². The van der Waals surface area contributed by atoms with Gasteiger partial charge in [-0.25, -0.2) is 8.78 Å². The minimum absolute atomic E-state index is 0.0166. The molecule has 0 radical (unpaired) electrons. The summed E-state index contributed by atoms with van der Waals surface area (Å²) in [6.45, 7) is 5.35. The molecule has 0 spiro atoms. The van der Waals surface area contributed by atoms with E-state index in [1.807, 2.05) is 18.7 Å². The van der Waals surface area contributed by atoms with Crippen LogP contribution in [-0.4, -0.2) is 29.0 Å². The molecule has 1 fully saturated rings. The average Bonchev–Trinajstić information content (AvgIpc) is 3.11. The Morgan fingerprint density at radius 1 is 1.15 bits per heavy atom. The highest BCUT2D eigenvalue weighted by molar-refractivity contribution is 5.56. The third-order valence-corrected chi connectivity index (χ3v) is 4.70. The lowest BCUT2D eigenvalue weighted by Gasteiger charge is -2.25. The Bertz CT molecular complexity index is 808. The molecule has 0 saturated heterocycles. The fourth-order valence-electron chi connectivity index (χ4n) is 3.35. The van der Waals surface area contributed by atoms with Gasteiger partial charge in [0.1, 0.15) is 17.3 Å². The molecule has 0 amide bonds. The predicted molar refractivity (Wildman–Crippen MR) is 96.2 cm³/mol. The molecule has 0 bridgehead atoms. The molecular formula is C19H23F2N3O2. The van der Waals surface area contributed by atoms with E-state index in [0.717, 1.165) is 48.6 Å². The van der Waals surface area contributed by atoms with Gasteiger partial charge in [-0.3, -0.25) is 4.79 Å². The van der Waals surface area contributed by atoms with Crippen molar-refractivity contribution in [2.45, 2.75) is 45.6 Å². The number of anilines is 1. The van der Waals surface area contributed by atoms with Crippen molar-refractivity contribution in [3.63, 3.8) is 0 Å². The largest absolute Gasteiger partial charge is 0.483 e. The first-order chi connectivity index (χ1) is 12.5. The van der Waals surface area contributed by atoms with E-state index >= 15 is 0 Å². The molecule has 7 heteroatoms. The molecule has 0 unspecified atom stereocenters. The van der Waals surface area contributed by atoms with Crippen LogP contribution in [0.2, 0.25) is 0 Å². The van der Waals surface area contributed by atoms with Gasteiger partial charge in [0.25, 0.3) is 0 Å². The lowest BCUT2D eigenvalue weighted by molar-refractivity contribution is 0.206. The number of hydrogen-bond donors (Lipinski definition) is 0. The Kier molecular flexibility index (Phi) is 5.54. The molecule has 2 aromatic rings. The first kappa shape index (κ1) is 18.4. The Labute approximate surface area is 151 Å². The first-order valence-corrected chi connectivity index (χ1v) is 9.03. The van der Waals surface area contributed by atoms with E-state index in [0.29, 0.717) is 18.8 Å². The normalized spacial score (nSPS) is 14.6. The smallest absolute Gasteiger partial charge is 0.316 e. The van der Waals surface area contributed by atoms with Crippen molar-refractivity contribution in [1.29, 1.82) is 0 Å². The summed E-state index contributed by atoms with van der Waals surface area (Å²) < 4.78 is 34.2. The van der Waals surface area contributed by atoms with Gasteiger partial charge in [-0.05, 0) is 51.7 Å². The number of hydrogen-bond acceptors (Lipinski definition) is 4. The number of ether oxygens (including phenoxy) is 1. The summed E-state index contributed by atoms with van der Waals surface area (Å²) in [5, 5.41) is 4.13. The van der Waals surface area contributed by atoms with Gasteiger partial charge in [0.15, 0.2) is 0 Å². The maximum Gasteiger partial charge on any atom is 0.316 e. The van der Waals surface area contributed by atoms with Crippen molar-refractivity contribution >= 4 is 5.69 Å². The Morgan fingerprint density at radius 3 is 2.35 bits per heavy atom. The summed E-state index contributed by atoms with van der Waals surface area (Å²) >= 11 is 0. The maximum atomic E-state index is 13.6. The van der Waals surface area contributed by atoms with Crippen LogP contribution in [0.3, 0.4) is 0 Å². The second-order valence-electron chi connectivity index (χ2n) is 6.40. The summed E-state index contributed by atoms with van der Waals surface area (Å²) in [6.07, 6.45) is 5.44. The van der Waals surface area contributed by atoms with Crippen molar-refractivity contribution < 1.29 is 13.5 Å². The fraction of sp³-hybridized carbons (Fsp3) is 0.474. The van der Waals surface area contributed by atoms with Crippen LogP contribution >= 0.6 is 0 Å². The summed E-state index contributed by atoms with van der Waals surface area (Å²) in [5.41, 5.74) is 0.140. The fourth-order valence-corrected chi connectivity index (χ4v) is 3.35. The molecule has 0 N–H and O–H groups in total. The Hall–Kier alpha value is -2.44. The minimum Gasteiger partial charge on any atom is -0.483 e. The van der Waals surface area contributed by atoms with Gasteiger partial charge in [-0.1, -0.05) is 0 Å². The molecule has 3 rings (SSSR count). The van der Waals surface area contributed by atoms with E-state index in [-0.39, 0.29) is 17.5 Å². The number of benzene rings is 1. The molecule has 1 aliphatic carbocycles. The van der Waals surface area contributed by atoms with Crippen LogP contribution in [0.1, 0.15) is 39.5 Å². The summed E-state index contributed by atoms with van der Waals surface area (Å²) in [4.78, 5) is 15.0. The lowest BCUT2D eigenvalue weighted by Crippen LogP contribution is -2.31. The molecule has 26 heavy (non-hydrogen) atoms. The van der Waals surface area contributed by atoms with Gasteiger partial charge in [0.2, 0.25) is 5.75 Å². The van der Waals surface area contributed by atoms with Gasteiger partial charge in [-0.2, -0.15) is 9.78 Å². The summed E-state index contributed by atoms with van der Waals surface area (Å²) in [6, 6.07) is 2.91. The van der Waals surface area contributed by atoms with Crippen LogP contribution in [0.15, 0.2) is 29.2 Å². The van der Waals surface area contributed by atoms with Gasteiger partial charge >= 0.3 is 5.56 Å². The van der Waals surface area contributed by atoms with Crippen LogP contribution in [0.4, 0.5) is 14.5 Å². The highest BCUT2D eigenvalue weighted by Crippen LogP contribution is 2.29. The SMILES string of the molecule is CCN(CC)c1cnn(-c2cc(F)cc(F)c2)c(=O)c1OC1CCCC1. The highest BCUT2D eigenvalue weighted by Gasteiger charge is 2.24. The van der Waals surface area contributed by atoms with Gasteiger partial charge in [0, 0.05) is 19.2 Å². The molecule has 140 valence electrons. The highest BCUT2D eigenvalue weighted by atomic mass is 19.1. The predicted octanol–water partition coefficient (Wildman–Crippen LogP) is 3.68. The zero-order valence-electron chi connectivity index (χ0n) is 15.0. The van der Waals surface area contributed by atoms with Crippen molar-refractivity contribution in [2.24, 2.45) is 0 Å². The monoisotopic (exact) mass is 363 g/mol. The van der Waals surface area contributed by atoms with Gasteiger partial charge in [-0.15, -0.1) is 0 Å². The van der Waals surface area contributed by atoms with E-state index in [1.54, 1.807) is 0 Å². The first-order valence-electron chi connectivity index (χ1n) is 9.03. The molecule has 1 heterocycles. The van der Waals surface area contributed by atoms with Crippen molar-refractivity contribution in [1.82, 2.24) is 9.78 Å². The molecule has 0 aliphatic heterocycles. The molecule has 1 saturated carbocycles. The third kappa shape index (κ3) is 3.71. The average molecular weight is 363 g/mol. The molecule has 1 aliphatic rings. The number of halogens is 2. The molecule has 1 aromatic heterocycles. The van der Waals surface area contributed by atoms with E-state index < -0.39 is 17.2 Å². The molecule has 5 nitrogen and oxygen atoms in total. The molecule has 0 atom stereocenters. The third-order valence-electron chi connectivity index (χ3n) is 4.70. The summed E-state index contributed by atoms with van der Waals surface area (Å²) in [5.74, 6) is -1.33. The van der Waals surface area contributed by atoms with Crippen LogP contribution in [0, 0.1) is 11.6 Å². The number of nitrogens with zero attached hydrogens (tertiary/aromatic N) is 3. The van der Waals surface area contributed by atoms with Gasteiger partial charge in [0.05, 0.1) is 18.0 Å². The van der Waals surface area contributed by atoms with Crippen molar-refractivity contribution in [3.8, 4) is 11.4 Å². The second-order valence-corrected chi connectivity index (χ2v) is 6.40. The quantitative estimate of drug-likeness (QED) is 0.786.